The van der Waals surface area contributed by atoms with Crippen LogP contribution in [-0.2, 0) is 6.42 Å². The molecular weight excluding hydrogens is 257 g/mol. The van der Waals surface area contributed by atoms with E-state index < -0.39 is 0 Å². The van der Waals surface area contributed by atoms with Crippen molar-refractivity contribution in [2.75, 3.05) is 18.6 Å². The molecule has 0 aromatic heterocycles. The van der Waals surface area contributed by atoms with Crippen molar-refractivity contribution in [1.29, 1.82) is 0 Å². The Bertz CT molecular complexity index is 380. The molecule has 1 heterocycles. The summed E-state index contributed by atoms with van der Waals surface area (Å²) in [6, 6.07) is 4.99. The topological polar surface area (TPSA) is 12.0 Å². The lowest BCUT2D eigenvalue weighted by Gasteiger charge is -2.23. The maximum absolute atomic E-state index is 13.2. The highest BCUT2D eigenvalue weighted by Crippen LogP contribution is 2.29. The number of benzene rings is 1. The zero-order valence-electron chi connectivity index (χ0n) is 9.88. The van der Waals surface area contributed by atoms with Crippen LogP contribution < -0.4 is 5.32 Å². The lowest BCUT2D eigenvalue weighted by molar-refractivity contribution is 0.403. The quantitative estimate of drug-likeness (QED) is 0.903. The van der Waals surface area contributed by atoms with Gasteiger partial charge in [-0.15, -0.1) is 0 Å². The van der Waals surface area contributed by atoms with Crippen LogP contribution in [0.25, 0.3) is 0 Å². The minimum absolute atomic E-state index is 0.208. The van der Waals surface area contributed by atoms with Gasteiger partial charge in [-0.05, 0) is 61.1 Å². The first-order valence-corrected chi connectivity index (χ1v) is 7.43. The van der Waals surface area contributed by atoms with Gasteiger partial charge in [0, 0.05) is 11.1 Å². The summed E-state index contributed by atoms with van der Waals surface area (Å²) < 4.78 is 13.2. The van der Waals surface area contributed by atoms with E-state index in [9.17, 15) is 4.39 Å². The Morgan fingerprint density at radius 1 is 1.59 bits per heavy atom. The van der Waals surface area contributed by atoms with Crippen LogP contribution in [0.2, 0.25) is 5.02 Å². The van der Waals surface area contributed by atoms with Crippen molar-refractivity contribution < 1.29 is 4.39 Å². The first kappa shape index (κ1) is 13.2. The zero-order valence-corrected chi connectivity index (χ0v) is 11.5. The van der Waals surface area contributed by atoms with E-state index in [-0.39, 0.29) is 5.82 Å². The lowest BCUT2D eigenvalue weighted by Crippen LogP contribution is -2.35. The molecule has 94 valence electrons. The second-order valence-electron chi connectivity index (χ2n) is 4.46. The average molecular weight is 274 g/mol. The minimum atomic E-state index is -0.208. The Morgan fingerprint density at radius 2 is 2.41 bits per heavy atom. The highest BCUT2D eigenvalue weighted by Gasteiger charge is 2.24. The third-order valence-electron chi connectivity index (χ3n) is 3.35. The highest BCUT2D eigenvalue weighted by molar-refractivity contribution is 7.99. The summed E-state index contributed by atoms with van der Waals surface area (Å²) in [4.78, 5) is 0. The van der Waals surface area contributed by atoms with Gasteiger partial charge >= 0.3 is 0 Å². The van der Waals surface area contributed by atoms with E-state index in [2.05, 4.69) is 5.32 Å². The van der Waals surface area contributed by atoms with Crippen molar-refractivity contribution in [1.82, 2.24) is 5.32 Å². The number of likely N-dealkylation sites (N-methyl/N-ethyl adjacent to an activating group) is 1. The molecule has 2 unspecified atom stereocenters. The average Bonchev–Trinajstić information content (AvgIpc) is 2.84. The van der Waals surface area contributed by atoms with Crippen molar-refractivity contribution >= 4 is 23.4 Å². The summed E-state index contributed by atoms with van der Waals surface area (Å²) in [6.45, 7) is 0. The smallest absolute Gasteiger partial charge is 0.123 e. The summed E-state index contributed by atoms with van der Waals surface area (Å²) in [5.41, 5.74) is 0.905. The summed E-state index contributed by atoms with van der Waals surface area (Å²) in [7, 11) is 1.97. The molecule has 0 amide bonds. The Labute approximate surface area is 111 Å². The van der Waals surface area contributed by atoms with Crippen LogP contribution in [0.1, 0.15) is 12.0 Å². The molecule has 2 rings (SSSR count). The monoisotopic (exact) mass is 273 g/mol. The Balaban J connectivity index is 2.09. The standard InChI is InChI=1S/C13H17ClFNS/c1-16-13(9-4-5-17-8-9)7-10-6-11(15)2-3-12(10)14/h2-3,6,9,13,16H,4-5,7-8H2,1H3. The van der Waals surface area contributed by atoms with Crippen molar-refractivity contribution in [3.8, 4) is 0 Å². The Hall–Kier alpha value is -0.250. The molecular formula is C13H17ClFNS. The third-order valence-corrected chi connectivity index (χ3v) is 4.91. The second-order valence-corrected chi connectivity index (χ2v) is 6.02. The molecule has 0 aliphatic carbocycles. The van der Waals surface area contributed by atoms with E-state index in [1.54, 1.807) is 12.1 Å². The molecule has 1 aliphatic rings. The minimum Gasteiger partial charge on any atom is -0.316 e. The van der Waals surface area contributed by atoms with Crippen molar-refractivity contribution in [2.45, 2.75) is 18.9 Å². The van der Waals surface area contributed by atoms with Gasteiger partial charge in [0.15, 0.2) is 0 Å². The number of hydrogen-bond donors (Lipinski definition) is 1. The van der Waals surface area contributed by atoms with Crippen molar-refractivity contribution in [3.63, 3.8) is 0 Å². The van der Waals surface area contributed by atoms with E-state index in [4.69, 9.17) is 11.6 Å². The molecule has 1 saturated heterocycles. The van der Waals surface area contributed by atoms with Gasteiger partial charge in [-0.3, -0.25) is 0 Å². The molecule has 4 heteroatoms. The van der Waals surface area contributed by atoms with Crippen molar-refractivity contribution in [3.05, 3.63) is 34.6 Å². The van der Waals surface area contributed by atoms with E-state index in [0.717, 1.165) is 12.0 Å². The number of halogens is 2. The molecule has 1 aliphatic heterocycles. The zero-order chi connectivity index (χ0) is 12.3. The van der Waals surface area contributed by atoms with Crippen LogP contribution in [0.4, 0.5) is 4.39 Å². The number of rotatable bonds is 4. The molecule has 1 aromatic carbocycles. The fourth-order valence-corrected chi connectivity index (χ4v) is 3.84. The van der Waals surface area contributed by atoms with E-state index >= 15 is 0 Å². The largest absolute Gasteiger partial charge is 0.316 e. The summed E-state index contributed by atoms with van der Waals surface area (Å²) in [6.07, 6.45) is 2.04. The molecule has 2 atom stereocenters. The summed E-state index contributed by atoms with van der Waals surface area (Å²) >= 11 is 8.10. The maximum Gasteiger partial charge on any atom is 0.123 e. The normalized spacial score (nSPS) is 21.7. The molecule has 17 heavy (non-hydrogen) atoms. The fraction of sp³-hybridized carbons (Fsp3) is 0.538. The highest BCUT2D eigenvalue weighted by atomic mass is 35.5. The SMILES string of the molecule is CNC(Cc1cc(F)ccc1Cl)C1CCSC1. The molecule has 1 aromatic rings. The van der Waals surface area contributed by atoms with Gasteiger partial charge < -0.3 is 5.32 Å². The molecule has 1 N–H and O–H groups in total. The molecule has 0 radical (unpaired) electrons. The molecule has 1 fully saturated rings. The van der Waals surface area contributed by atoms with Crippen LogP contribution in [0.15, 0.2) is 18.2 Å². The lowest BCUT2D eigenvalue weighted by atomic mass is 9.93. The predicted octanol–water partition coefficient (Wildman–Crippen LogP) is 3.36. The maximum atomic E-state index is 13.2. The first-order chi connectivity index (χ1) is 8.20. The molecule has 0 bridgehead atoms. The van der Waals surface area contributed by atoms with Gasteiger partial charge in [-0.1, -0.05) is 11.6 Å². The number of nitrogens with one attached hydrogen (secondary N) is 1. The molecule has 1 nitrogen and oxygen atoms in total. The van der Waals surface area contributed by atoms with Crippen LogP contribution in [0, 0.1) is 11.7 Å². The Morgan fingerprint density at radius 3 is 3.06 bits per heavy atom. The first-order valence-electron chi connectivity index (χ1n) is 5.89. The van der Waals surface area contributed by atoms with Crippen LogP contribution in [0.5, 0.6) is 0 Å². The van der Waals surface area contributed by atoms with Gasteiger partial charge in [0.1, 0.15) is 5.82 Å². The summed E-state index contributed by atoms with van der Waals surface area (Å²) in [5.74, 6) is 2.89. The van der Waals surface area contributed by atoms with Crippen LogP contribution >= 0.6 is 23.4 Å². The Kier molecular flexibility index (Phi) is 4.71. The summed E-state index contributed by atoms with van der Waals surface area (Å²) in [5, 5.41) is 4.01. The van der Waals surface area contributed by atoms with E-state index in [0.29, 0.717) is 17.0 Å². The van der Waals surface area contributed by atoms with Gasteiger partial charge in [0.2, 0.25) is 0 Å². The van der Waals surface area contributed by atoms with E-state index in [1.807, 2.05) is 18.8 Å². The third kappa shape index (κ3) is 3.36. The molecule has 0 saturated carbocycles. The number of hydrogen-bond acceptors (Lipinski definition) is 2. The van der Waals surface area contributed by atoms with Crippen molar-refractivity contribution in [2.24, 2.45) is 5.92 Å². The molecule has 0 spiro atoms. The predicted molar refractivity (Wildman–Crippen MR) is 73.4 cm³/mol. The van der Waals surface area contributed by atoms with Gasteiger partial charge in [0.25, 0.3) is 0 Å². The van der Waals surface area contributed by atoms with E-state index in [1.165, 1.54) is 24.0 Å². The van der Waals surface area contributed by atoms with Gasteiger partial charge in [-0.2, -0.15) is 11.8 Å². The second kappa shape index (κ2) is 6.07. The van der Waals surface area contributed by atoms with Crippen LogP contribution in [-0.4, -0.2) is 24.6 Å². The van der Waals surface area contributed by atoms with Crippen LogP contribution in [0.3, 0.4) is 0 Å². The number of thioether (sulfide) groups is 1. The fourth-order valence-electron chi connectivity index (χ4n) is 2.31. The van der Waals surface area contributed by atoms with Gasteiger partial charge in [-0.25, -0.2) is 4.39 Å². The van der Waals surface area contributed by atoms with Gasteiger partial charge in [0.05, 0.1) is 0 Å².